The zero-order valence-electron chi connectivity index (χ0n) is 20.8. The molecule has 0 N–H and O–H groups in total. The summed E-state index contributed by atoms with van der Waals surface area (Å²) in [6.45, 7) is 14.5. The van der Waals surface area contributed by atoms with Crippen LogP contribution in [-0.4, -0.2) is 73.0 Å². The zero-order valence-corrected chi connectivity index (χ0v) is 23.8. The van der Waals surface area contributed by atoms with Crippen molar-refractivity contribution in [2.75, 3.05) is 35.0 Å². The van der Waals surface area contributed by atoms with Gasteiger partial charge >= 0.3 is 32.1 Å². The molecule has 0 aromatic rings. The number of esters is 1. The first kappa shape index (κ1) is 31.0. The molecular weight excluding hydrogens is 468 g/mol. The standard InChI is InChI=1S/C20H40O9Si3/c1-17(2)19(21)13-11-15-31(23-5,24-6)28-30(9,10)29-32(25-7,26-8)16-12-14-27-20(22)18(3)4/h1,3,11-16H2,2,4-10H3. The minimum Gasteiger partial charge on any atom is -0.462 e. The molecule has 0 aromatic heterocycles. The van der Waals surface area contributed by atoms with E-state index in [0.29, 0.717) is 42.5 Å². The maximum atomic E-state index is 11.9. The second kappa shape index (κ2) is 14.3. The summed E-state index contributed by atoms with van der Waals surface area (Å²) in [4.78, 5) is 23.4. The van der Waals surface area contributed by atoms with Crippen molar-refractivity contribution in [3.8, 4) is 0 Å². The van der Waals surface area contributed by atoms with Crippen LogP contribution in [0.1, 0.15) is 33.1 Å². The van der Waals surface area contributed by atoms with Crippen molar-refractivity contribution in [3.63, 3.8) is 0 Å². The van der Waals surface area contributed by atoms with Gasteiger partial charge in [-0.25, -0.2) is 4.79 Å². The Kier molecular flexibility index (Phi) is 13.9. The molecule has 0 aromatic carbocycles. The van der Waals surface area contributed by atoms with Gasteiger partial charge in [-0.05, 0) is 45.4 Å². The van der Waals surface area contributed by atoms with Crippen LogP contribution in [0, 0.1) is 0 Å². The molecule has 0 bridgehead atoms. The van der Waals surface area contributed by atoms with Crippen molar-refractivity contribution in [2.24, 2.45) is 0 Å². The Hall–Kier alpha value is -0.969. The molecule has 0 aliphatic rings. The number of hydrogen-bond acceptors (Lipinski definition) is 9. The van der Waals surface area contributed by atoms with E-state index in [1.165, 1.54) is 28.4 Å². The molecule has 0 aliphatic carbocycles. The number of carbonyl (C=O) groups excluding carboxylic acids is 2. The number of hydrogen-bond donors (Lipinski definition) is 0. The Balaban J connectivity index is 5.16. The molecular formula is C20H40O9Si3. The fraction of sp³-hybridized carbons (Fsp3) is 0.700. The minimum atomic E-state index is -3.10. The predicted octanol–water partition coefficient (Wildman–Crippen LogP) is 3.62. The van der Waals surface area contributed by atoms with Crippen molar-refractivity contribution in [2.45, 2.75) is 58.3 Å². The highest BCUT2D eigenvalue weighted by Gasteiger charge is 2.51. The van der Waals surface area contributed by atoms with E-state index in [-0.39, 0.29) is 12.4 Å². The molecule has 9 nitrogen and oxygen atoms in total. The molecule has 0 fully saturated rings. The molecule has 0 rings (SSSR count). The third kappa shape index (κ3) is 10.8. The van der Waals surface area contributed by atoms with Crippen molar-refractivity contribution in [1.82, 2.24) is 0 Å². The quantitative estimate of drug-likeness (QED) is 0.119. The van der Waals surface area contributed by atoms with E-state index in [9.17, 15) is 9.59 Å². The van der Waals surface area contributed by atoms with Crippen LogP contribution in [0.2, 0.25) is 25.2 Å². The summed E-state index contributed by atoms with van der Waals surface area (Å²) in [7, 11) is -2.91. The van der Waals surface area contributed by atoms with Crippen LogP contribution in [0.25, 0.3) is 0 Å². The zero-order chi connectivity index (χ0) is 25.0. The number of ether oxygens (including phenoxy) is 1. The lowest BCUT2D eigenvalue weighted by molar-refractivity contribution is -0.139. The topological polar surface area (TPSA) is 98.8 Å². The van der Waals surface area contributed by atoms with Crippen molar-refractivity contribution in [3.05, 3.63) is 24.3 Å². The van der Waals surface area contributed by atoms with Gasteiger partial charge in [0.15, 0.2) is 5.78 Å². The minimum absolute atomic E-state index is 0.00500. The van der Waals surface area contributed by atoms with Gasteiger partial charge in [-0.2, -0.15) is 0 Å². The molecule has 0 spiro atoms. The van der Waals surface area contributed by atoms with E-state index in [1.54, 1.807) is 13.8 Å². The van der Waals surface area contributed by atoms with Crippen LogP contribution in [0.4, 0.5) is 0 Å². The van der Waals surface area contributed by atoms with E-state index in [2.05, 4.69) is 13.2 Å². The first-order chi connectivity index (χ1) is 14.8. The summed E-state index contributed by atoms with van der Waals surface area (Å²) in [5, 5.41) is 0. The molecule has 0 saturated carbocycles. The second-order valence-electron chi connectivity index (χ2n) is 7.86. The Labute approximate surface area is 196 Å². The monoisotopic (exact) mass is 508 g/mol. The molecule has 0 heterocycles. The first-order valence-corrected chi connectivity index (χ1v) is 17.1. The number of Topliss-reactive ketones (excluding diaryl/α,β-unsaturated/α-hetero) is 1. The predicted molar refractivity (Wildman–Crippen MR) is 128 cm³/mol. The van der Waals surface area contributed by atoms with E-state index in [0.717, 1.165) is 0 Å². The van der Waals surface area contributed by atoms with Crippen LogP contribution >= 0.6 is 0 Å². The summed E-state index contributed by atoms with van der Waals surface area (Å²) >= 11 is 0. The third-order valence-electron chi connectivity index (χ3n) is 4.62. The van der Waals surface area contributed by atoms with Crippen LogP contribution in [0.5, 0.6) is 0 Å². The van der Waals surface area contributed by atoms with E-state index >= 15 is 0 Å². The normalized spacial score (nSPS) is 12.5. The lowest BCUT2D eigenvalue weighted by Gasteiger charge is -2.39. The van der Waals surface area contributed by atoms with Crippen LogP contribution in [0.15, 0.2) is 24.3 Å². The number of carbonyl (C=O) groups is 2. The maximum Gasteiger partial charge on any atom is 0.491 e. The molecule has 0 saturated heterocycles. The molecule has 0 amide bonds. The highest BCUT2D eigenvalue weighted by atomic mass is 28.5. The van der Waals surface area contributed by atoms with Gasteiger partial charge in [0, 0.05) is 52.5 Å². The Bertz CT molecular complexity index is 644. The average molecular weight is 509 g/mol. The molecule has 0 radical (unpaired) electrons. The molecule has 0 unspecified atom stereocenters. The van der Waals surface area contributed by atoms with Gasteiger partial charge in [0.2, 0.25) is 0 Å². The summed E-state index contributed by atoms with van der Waals surface area (Å²) in [6.07, 6.45) is 1.40. The summed E-state index contributed by atoms with van der Waals surface area (Å²) in [5.41, 5.74) is 0.867. The Morgan fingerprint density at radius 3 is 1.56 bits per heavy atom. The summed E-state index contributed by atoms with van der Waals surface area (Å²) in [6, 6.07) is 0.898. The van der Waals surface area contributed by atoms with Gasteiger partial charge in [0.05, 0.1) is 6.61 Å². The largest absolute Gasteiger partial charge is 0.491 e. The van der Waals surface area contributed by atoms with Gasteiger partial charge < -0.3 is 30.7 Å². The van der Waals surface area contributed by atoms with Crippen molar-refractivity contribution < 1.29 is 40.3 Å². The van der Waals surface area contributed by atoms with E-state index in [1.807, 2.05) is 13.1 Å². The van der Waals surface area contributed by atoms with Crippen molar-refractivity contribution in [1.29, 1.82) is 0 Å². The molecule has 32 heavy (non-hydrogen) atoms. The van der Waals surface area contributed by atoms with Gasteiger partial charge in [0.1, 0.15) is 0 Å². The lowest BCUT2D eigenvalue weighted by Crippen LogP contribution is -2.59. The van der Waals surface area contributed by atoms with Crippen LogP contribution in [-0.2, 0) is 40.3 Å². The second-order valence-corrected chi connectivity index (χ2v) is 17.7. The first-order valence-electron chi connectivity index (χ1n) is 10.4. The third-order valence-corrected chi connectivity index (χ3v) is 15.5. The number of rotatable bonds is 18. The maximum absolute atomic E-state index is 11.9. The fourth-order valence-corrected chi connectivity index (χ4v) is 13.9. The smallest absolute Gasteiger partial charge is 0.462 e. The Morgan fingerprint density at radius 1 is 0.750 bits per heavy atom. The average Bonchev–Trinajstić information content (AvgIpc) is 2.74. The molecule has 0 aliphatic heterocycles. The van der Waals surface area contributed by atoms with Gasteiger partial charge in [-0.15, -0.1) is 0 Å². The highest BCUT2D eigenvalue weighted by molar-refractivity contribution is 6.82. The lowest BCUT2D eigenvalue weighted by atomic mass is 10.1. The molecule has 12 heteroatoms. The van der Waals surface area contributed by atoms with Crippen LogP contribution < -0.4 is 0 Å². The van der Waals surface area contributed by atoms with E-state index in [4.69, 9.17) is 30.7 Å². The number of allylic oxidation sites excluding steroid dienone is 1. The van der Waals surface area contributed by atoms with Crippen LogP contribution in [0.3, 0.4) is 0 Å². The summed E-state index contributed by atoms with van der Waals surface area (Å²) in [5.74, 6) is -0.433. The van der Waals surface area contributed by atoms with E-state index < -0.39 is 32.1 Å². The van der Waals surface area contributed by atoms with Gasteiger partial charge in [-0.1, -0.05) is 13.2 Å². The fourth-order valence-electron chi connectivity index (χ4n) is 2.87. The Morgan fingerprint density at radius 2 is 1.19 bits per heavy atom. The molecule has 0 atom stereocenters. The van der Waals surface area contributed by atoms with Gasteiger partial charge in [-0.3, -0.25) is 4.79 Å². The molecule has 186 valence electrons. The summed E-state index contributed by atoms with van der Waals surface area (Å²) < 4.78 is 40.5. The number of ketones is 1. The highest BCUT2D eigenvalue weighted by Crippen LogP contribution is 2.28. The van der Waals surface area contributed by atoms with Crippen molar-refractivity contribution >= 4 is 37.9 Å². The SMILES string of the molecule is C=C(C)C(=O)CCC[Si](OC)(OC)O[Si](C)(C)O[Si](CCCOC(=O)C(=C)C)(OC)OC. The van der Waals surface area contributed by atoms with Gasteiger partial charge in [0.25, 0.3) is 0 Å².